The van der Waals surface area contributed by atoms with Crippen LogP contribution in [0.2, 0.25) is 0 Å². The number of hydrogen-bond acceptors (Lipinski definition) is 1. The lowest BCUT2D eigenvalue weighted by atomic mass is 10.1. The summed E-state index contributed by atoms with van der Waals surface area (Å²) in [6.07, 6.45) is 1.79. The molecular formula is C9H14O. The van der Waals surface area contributed by atoms with E-state index in [-0.39, 0.29) is 0 Å². The van der Waals surface area contributed by atoms with Crippen molar-refractivity contribution in [1.82, 2.24) is 0 Å². The molecule has 0 heterocycles. The van der Waals surface area contributed by atoms with Crippen molar-refractivity contribution < 1.29 is 5.11 Å². The third-order valence-corrected chi connectivity index (χ3v) is 1.31. The Morgan fingerprint density at radius 2 is 2.20 bits per heavy atom. The van der Waals surface area contributed by atoms with Crippen molar-refractivity contribution in [3.05, 3.63) is 12.7 Å². The van der Waals surface area contributed by atoms with E-state index in [9.17, 15) is 0 Å². The molecule has 1 heteroatoms. The van der Waals surface area contributed by atoms with Crippen LogP contribution in [0.15, 0.2) is 12.7 Å². The van der Waals surface area contributed by atoms with Crippen molar-refractivity contribution in [2.45, 2.75) is 26.4 Å². The van der Waals surface area contributed by atoms with Gasteiger partial charge < -0.3 is 5.11 Å². The molecule has 0 saturated heterocycles. The van der Waals surface area contributed by atoms with E-state index in [1.165, 1.54) is 6.08 Å². The summed E-state index contributed by atoms with van der Waals surface area (Å²) in [5.41, 5.74) is 0. The van der Waals surface area contributed by atoms with Crippen LogP contribution in [0, 0.1) is 17.8 Å². The summed E-state index contributed by atoms with van der Waals surface area (Å²) >= 11 is 0. The third-order valence-electron chi connectivity index (χ3n) is 1.31. The van der Waals surface area contributed by atoms with Crippen LogP contribution in [0.4, 0.5) is 0 Å². The van der Waals surface area contributed by atoms with Crippen molar-refractivity contribution >= 4 is 0 Å². The minimum absolute atomic E-state index is 0.370. The van der Waals surface area contributed by atoms with Gasteiger partial charge in [0.1, 0.15) is 6.10 Å². The largest absolute Gasteiger partial charge is 0.377 e. The van der Waals surface area contributed by atoms with E-state index >= 15 is 0 Å². The molecule has 56 valence electrons. The van der Waals surface area contributed by atoms with Gasteiger partial charge in [0.05, 0.1) is 0 Å². The van der Waals surface area contributed by atoms with Crippen LogP contribution in [0.5, 0.6) is 0 Å². The molecule has 0 spiro atoms. The maximum absolute atomic E-state index is 8.91. The van der Waals surface area contributed by atoms with Crippen LogP contribution in [0.3, 0.4) is 0 Å². The summed E-state index contributed by atoms with van der Waals surface area (Å²) in [4.78, 5) is 0. The molecule has 0 amide bonds. The Labute approximate surface area is 62.8 Å². The van der Waals surface area contributed by atoms with Gasteiger partial charge in [-0.15, -0.1) is 0 Å². The zero-order valence-corrected chi connectivity index (χ0v) is 6.59. The fourth-order valence-electron chi connectivity index (χ4n) is 0.389. The molecule has 10 heavy (non-hydrogen) atoms. The van der Waals surface area contributed by atoms with Gasteiger partial charge in [0.2, 0.25) is 0 Å². The number of rotatable bonds is 2. The molecule has 1 N–H and O–H groups in total. The lowest BCUT2D eigenvalue weighted by Gasteiger charge is -1.95. The summed E-state index contributed by atoms with van der Waals surface area (Å²) < 4.78 is 0. The van der Waals surface area contributed by atoms with Gasteiger partial charge in [-0.3, -0.25) is 0 Å². The number of hydrogen-bond donors (Lipinski definition) is 1. The van der Waals surface area contributed by atoms with Crippen molar-refractivity contribution in [3.8, 4) is 11.8 Å². The molecule has 1 nitrogen and oxygen atoms in total. The summed E-state index contributed by atoms with van der Waals surface area (Å²) in [7, 11) is 0. The summed E-state index contributed by atoms with van der Waals surface area (Å²) in [5.74, 6) is 5.95. The average molecular weight is 138 g/mol. The molecule has 0 aliphatic rings. The zero-order chi connectivity index (χ0) is 7.98. The Morgan fingerprint density at radius 1 is 1.60 bits per heavy atom. The Bertz CT molecular complexity index is 150. The van der Waals surface area contributed by atoms with Crippen molar-refractivity contribution in [1.29, 1.82) is 0 Å². The first-order valence-corrected chi connectivity index (χ1v) is 3.52. The van der Waals surface area contributed by atoms with E-state index in [0.29, 0.717) is 5.92 Å². The van der Waals surface area contributed by atoms with Gasteiger partial charge in [0.25, 0.3) is 0 Å². The minimum atomic E-state index is -0.658. The second kappa shape index (κ2) is 5.08. The van der Waals surface area contributed by atoms with Crippen LogP contribution in [0.25, 0.3) is 0 Å². The highest BCUT2D eigenvalue weighted by Gasteiger charge is 1.91. The first-order valence-electron chi connectivity index (χ1n) is 3.52. The van der Waals surface area contributed by atoms with Crippen LogP contribution >= 0.6 is 0 Å². The first kappa shape index (κ1) is 9.26. The average Bonchev–Trinajstić information content (AvgIpc) is 1.99. The van der Waals surface area contributed by atoms with Crippen LogP contribution < -0.4 is 0 Å². The predicted octanol–water partition coefficient (Wildman–Crippen LogP) is 1.58. The maximum Gasteiger partial charge on any atom is 0.133 e. The van der Waals surface area contributed by atoms with Crippen LogP contribution in [0.1, 0.15) is 20.3 Å². The molecular weight excluding hydrogens is 124 g/mol. The van der Waals surface area contributed by atoms with Crippen molar-refractivity contribution in [3.63, 3.8) is 0 Å². The SMILES string of the molecule is C=CC(O)C#CC(C)CC. The highest BCUT2D eigenvalue weighted by atomic mass is 16.3. The van der Waals surface area contributed by atoms with Gasteiger partial charge in [0.15, 0.2) is 0 Å². The summed E-state index contributed by atoms with van der Waals surface area (Å²) in [6.45, 7) is 7.51. The van der Waals surface area contributed by atoms with E-state index in [1.807, 2.05) is 6.92 Å². The highest BCUT2D eigenvalue weighted by Crippen LogP contribution is 1.96. The molecule has 0 radical (unpaired) electrons. The second-order valence-corrected chi connectivity index (χ2v) is 2.28. The van der Waals surface area contributed by atoms with E-state index in [2.05, 4.69) is 25.3 Å². The fraction of sp³-hybridized carbons (Fsp3) is 0.556. The Hall–Kier alpha value is -0.740. The lowest BCUT2D eigenvalue weighted by Crippen LogP contribution is -1.97. The minimum Gasteiger partial charge on any atom is -0.377 e. The highest BCUT2D eigenvalue weighted by molar-refractivity contribution is 5.11. The molecule has 0 fully saturated rings. The van der Waals surface area contributed by atoms with E-state index in [0.717, 1.165) is 6.42 Å². The van der Waals surface area contributed by atoms with Crippen molar-refractivity contribution in [2.75, 3.05) is 0 Å². The monoisotopic (exact) mass is 138 g/mol. The second-order valence-electron chi connectivity index (χ2n) is 2.28. The Kier molecular flexibility index (Phi) is 4.70. The van der Waals surface area contributed by atoms with Crippen LogP contribution in [-0.4, -0.2) is 11.2 Å². The number of aliphatic hydroxyl groups is 1. The molecule has 2 unspecified atom stereocenters. The standard InChI is InChI=1S/C9H14O/c1-4-8(3)6-7-9(10)5-2/h5,8-10H,2,4H2,1,3H3. The normalized spacial score (nSPS) is 14.7. The van der Waals surface area contributed by atoms with Crippen molar-refractivity contribution in [2.24, 2.45) is 5.92 Å². The van der Waals surface area contributed by atoms with Gasteiger partial charge in [0, 0.05) is 5.92 Å². The maximum atomic E-state index is 8.91. The smallest absolute Gasteiger partial charge is 0.133 e. The zero-order valence-electron chi connectivity index (χ0n) is 6.59. The van der Waals surface area contributed by atoms with E-state index in [1.54, 1.807) is 0 Å². The molecule has 0 rings (SSSR count). The van der Waals surface area contributed by atoms with Crippen LogP contribution in [-0.2, 0) is 0 Å². The first-order chi connectivity index (χ1) is 4.70. The molecule has 0 aromatic heterocycles. The molecule has 0 aliphatic carbocycles. The summed E-state index contributed by atoms with van der Waals surface area (Å²) in [5, 5.41) is 8.91. The van der Waals surface area contributed by atoms with Gasteiger partial charge in [-0.2, -0.15) is 0 Å². The number of aliphatic hydroxyl groups excluding tert-OH is 1. The molecule has 0 saturated carbocycles. The molecule has 2 atom stereocenters. The third kappa shape index (κ3) is 4.17. The van der Waals surface area contributed by atoms with Gasteiger partial charge >= 0.3 is 0 Å². The quantitative estimate of drug-likeness (QED) is 0.453. The lowest BCUT2D eigenvalue weighted by molar-refractivity contribution is 0.281. The van der Waals surface area contributed by atoms with E-state index < -0.39 is 6.10 Å². The Morgan fingerprint density at radius 3 is 2.60 bits per heavy atom. The van der Waals surface area contributed by atoms with Gasteiger partial charge in [-0.25, -0.2) is 0 Å². The Balaban J connectivity index is 3.77. The van der Waals surface area contributed by atoms with Gasteiger partial charge in [-0.05, 0) is 6.42 Å². The molecule has 0 aromatic carbocycles. The summed E-state index contributed by atoms with van der Waals surface area (Å²) in [6, 6.07) is 0. The fourth-order valence-corrected chi connectivity index (χ4v) is 0.389. The predicted molar refractivity (Wildman–Crippen MR) is 43.4 cm³/mol. The topological polar surface area (TPSA) is 20.2 Å². The van der Waals surface area contributed by atoms with Gasteiger partial charge in [-0.1, -0.05) is 38.3 Å². The van der Waals surface area contributed by atoms with E-state index in [4.69, 9.17) is 5.11 Å². The molecule has 0 bridgehead atoms. The molecule has 0 aliphatic heterocycles. The molecule has 0 aromatic rings.